The van der Waals surface area contributed by atoms with Crippen molar-refractivity contribution in [1.29, 1.82) is 0 Å². The lowest BCUT2D eigenvalue weighted by Crippen LogP contribution is -2.52. The fourth-order valence-corrected chi connectivity index (χ4v) is 4.58. The molecular formula is C22H28N4O4. The van der Waals surface area contributed by atoms with Gasteiger partial charge < -0.3 is 15.5 Å². The highest BCUT2D eigenvalue weighted by atomic mass is 16.2. The number of piperidine rings is 1. The van der Waals surface area contributed by atoms with Crippen molar-refractivity contribution in [2.75, 3.05) is 6.54 Å². The standard InChI is InChI=1S/C22H28N4O4/c27-19-9-8-18(20(28)25-19)26-13-16-7-6-15(10-17(16)21(26)29)12-24-22(30)23-11-14-4-2-1-3-5-14/h6-7,10,14,18H,1-5,8-9,11-13H2,(H2,23,24,30)(H,25,27,28). The predicted octanol–water partition coefficient (Wildman–Crippen LogP) is 1.83. The molecule has 3 N–H and O–H groups in total. The molecule has 3 aliphatic rings. The van der Waals surface area contributed by atoms with E-state index in [1.807, 2.05) is 12.1 Å². The average Bonchev–Trinajstić information content (AvgIpc) is 3.07. The van der Waals surface area contributed by atoms with Crippen LogP contribution in [0.1, 0.15) is 66.4 Å². The number of amides is 5. The van der Waals surface area contributed by atoms with Gasteiger partial charge in [-0.25, -0.2) is 4.79 Å². The molecule has 1 unspecified atom stereocenters. The summed E-state index contributed by atoms with van der Waals surface area (Å²) in [7, 11) is 0. The van der Waals surface area contributed by atoms with E-state index in [1.54, 1.807) is 6.07 Å². The fraction of sp³-hybridized carbons (Fsp3) is 0.545. The van der Waals surface area contributed by atoms with Gasteiger partial charge in [-0.1, -0.05) is 31.4 Å². The second-order valence-corrected chi connectivity index (χ2v) is 8.46. The minimum Gasteiger partial charge on any atom is -0.338 e. The van der Waals surface area contributed by atoms with Gasteiger partial charge in [0.1, 0.15) is 6.04 Å². The highest BCUT2D eigenvalue weighted by molar-refractivity contribution is 6.05. The van der Waals surface area contributed by atoms with Crippen LogP contribution in [-0.4, -0.2) is 41.2 Å². The van der Waals surface area contributed by atoms with E-state index in [0.717, 1.165) is 11.1 Å². The lowest BCUT2D eigenvalue weighted by Gasteiger charge is -2.29. The molecule has 2 fully saturated rings. The highest BCUT2D eigenvalue weighted by Gasteiger charge is 2.39. The lowest BCUT2D eigenvalue weighted by molar-refractivity contribution is -0.136. The van der Waals surface area contributed by atoms with E-state index in [-0.39, 0.29) is 24.3 Å². The minimum atomic E-state index is -0.616. The van der Waals surface area contributed by atoms with Crippen molar-refractivity contribution in [3.63, 3.8) is 0 Å². The SMILES string of the molecule is O=C1CCC(N2Cc3ccc(CNC(=O)NCC4CCCCC4)cc3C2=O)C(=O)N1. The van der Waals surface area contributed by atoms with E-state index in [2.05, 4.69) is 16.0 Å². The van der Waals surface area contributed by atoms with Gasteiger partial charge in [0.15, 0.2) is 0 Å². The first kappa shape index (κ1) is 20.4. The van der Waals surface area contributed by atoms with Gasteiger partial charge in [-0.15, -0.1) is 0 Å². The largest absolute Gasteiger partial charge is 0.338 e. The molecule has 0 spiro atoms. The van der Waals surface area contributed by atoms with Crippen molar-refractivity contribution < 1.29 is 19.2 Å². The Balaban J connectivity index is 1.31. The maximum absolute atomic E-state index is 12.9. The van der Waals surface area contributed by atoms with Crippen molar-refractivity contribution in [2.24, 2.45) is 5.92 Å². The first-order valence-corrected chi connectivity index (χ1v) is 10.8. The number of hydrogen-bond donors (Lipinski definition) is 3. The topological polar surface area (TPSA) is 108 Å². The molecular weight excluding hydrogens is 384 g/mol. The van der Waals surface area contributed by atoms with Gasteiger partial charge in [0, 0.05) is 31.6 Å². The number of carbonyl (C=O) groups is 4. The molecule has 1 aromatic carbocycles. The van der Waals surface area contributed by atoms with Gasteiger partial charge in [0.2, 0.25) is 11.8 Å². The summed E-state index contributed by atoms with van der Waals surface area (Å²) in [6.07, 6.45) is 6.72. The number of carbonyl (C=O) groups excluding carboxylic acids is 4. The molecule has 160 valence electrons. The molecule has 5 amide bonds. The Morgan fingerprint density at radius 1 is 1.07 bits per heavy atom. The molecule has 0 aromatic heterocycles. The number of urea groups is 1. The Morgan fingerprint density at radius 2 is 1.87 bits per heavy atom. The van der Waals surface area contributed by atoms with Gasteiger partial charge >= 0.3 is 6.03 Å². The molecule has 8 heteroatoms. The number of rotatable bonds is 5. The molecule has 1 saturated carbocycles. The maximum atomic E-state index is 12.9. The zero-order chi connectivity index (χ0) is 21.1. The maximum Gasteiger partial charge on any atom is 0.315 e. The van der Waals surface area contributed by atoms with Crippen molar-refractivity contribution >= 4 is 23.8 Å². The third kappa shape index (κ3) is 4.47. The molecule has 0 bridgehead atoms. The summed E-state index contributed by atoms with van der Waals surface area (Å²) < 4.78 is 0. The normalized spacial score (nSPS) is 21.9. The van der Waals surface area contributed by atoms with Crippen LogP contribution in [0.5, 0.6) is 0 Å². The zero-order valence-corrected chi connectivity index (χ0v) is 17.0. The number of imide groups is 1. The molecule has 30 heavy (non-hydrogen) atoms. The Bertz CT molecular complexity index is 863. The van der Waals surface area contributed by atoms with Crippen LogP contribution < -0.4 is 16.0 Å². The minimum absolute atomic E-state index is 0.197. The molecule has 1 aliphatic carbocycles. The monoisotopic (exact) mass is 412 g/mol. The van der Waals surface area contributed by atoms with Crippen LogP contribution in [0.2, 0.25) is 0 Å². The number of hydrogen-bond acceptors (Lipinski definition) is 4. The summed E-state index contributed by atoms with van der Waals surface area (Å²) in [5.74, 6) is -0.344. The van der Waals surface area contributed by atoms with Crippen LogP contribution in [0.25, 0.3) is 0 Å². The van der Waals surface area contributed by atoms with Crippen molar-refractivity contribution in [3.05, 3.63) is 34.9 Å². The Hall–Kier alpha value is -2.90. The molecule has 1 aromatic rings. The first-order valence-electron chi connectivity index (χ1n) is 10.8. The first-order chi connectivity index (χ1) is 14.5. The van der Waals surface area contributed by atoms with Gasteiger partial charge in [-0.3, -0.25) is 19.7 Å². The van der Waals surface area contributed by atoms with Gasteiger partial charge in [0.25, 0.3) is 5.91 Å². The molecule has 2 aliphatic heterocycles. The van der Waals surface area contributed by atoms with E-state index in [4.69, 9.17) is 0 Å². The molecule has 4 rings (SSSR count). The van der Waals surface area contributed by atoms with E-state index < -0.39 is 11.9 Å². The number of fused-ring (bicyclic) bond motifs is 1. The van der Waals surface area contributed by atoms with Gasteiger partial charge in [-0.2, -0.15) is 0 Å². The Kier molecular flexibility index (Phi) is 6.01. The zero-order valence-electron chi connectivity index (χ0n) is 17.0. The third-order valence-electron chi connectivity index (χ3n) is 6.32. The van der Waals surface area contributed by atoms with Crippen LogP contribution in [0.15, 0.2) is 18.2 Å². The molecule has 0 radical (unpaired) electrons. The summed E-state index contributed by atoms with van der Waals surface area (Å²) in [6, 6.07) is 4.73. The summed E-state index contributed by atoms with van der Waals surface area (Å²) in [5.41, 5.74) is 2.25. The van der Waals surface area contributed by atoms with Crippen molar-refractivity contribution in [1.82, 2.24) is 20.9 Å². The van der Waals surface area contributed by atoms with E-state index in [9.17, 15) is 19.2 Å². The molecule has 8 nitrogen and oxygen atoms in total. The average molecular weight is 412 g/mol. The van der Waals surface area contributed by atoms with Crippen LogP contribution in [-0.2, 0) is 22.7 Å². The van der Waals surface area contributed by atoms with Crippen LogP contribution in [0, 0.1) is 5.92 Å². The Morgan fingerprint density at radius 3 is 2.63 bits per heavy atom. The summed E-state index contributed by atoms with van der Waals surface area (Å²) in [6.45, 7) is 1.39. The van der Waals surface area contributed by atoms with Crippen LogP contribution in [0.4, 0.5) is 4.79 Å². The van der Waals surface area contributed by atoms with Gasteiger partial charge in [0.05, 0.1) is 0 Å². The highest BCUT2D eigenvalue weighted by Crippen LogP contribution is 2.28. The quantitative estimate of drug-likeness (QED) is 0.641. The van der Waals surface area contributed by atoms with Gasteiger partial charge in [-0.05, 0) is 42.4 Å². The summed E-state index contributed by atoms with van der Waals surface area (Å²) >= 11 is 0. The number of nitrogens with zero attached hydrogens (tertiary/aromatic N) is 1. The Labute approximate surface area is 175 Å². The molecule has 1 saturated heterocycles. The smallest absolute Gasteiger partial charge is 0.315 e. The van der Waals surface area contributed by atoms with E-state index in [0.29, 0.717) is 37.5 Å². The molecule has 1 atom stereocenters. The van der Waals surface area contributed by atoms with Crippen molar-refractivity contribution in [2.45, 2.75) is 64.1 Å². The van der Waals surface area contributed by atoms with E-state index in [1.165, 1.54) is 37.0 Å². The van der Waals surface area contributed by atoms with Crippen LogP contribution >= 0.6 is 0 Å². The van der Waals surface area contributed by atoms with E-state index >= 15 is 0 Å². The lowest BCUT2D eigenvalue weighted by atomic mass is 9.89. The third-order valence-corrected chi connectivity index (χ3v) is 6.32. The second kappa shape index (κ2) is 8.85. The summed E-state index contributed by atoms with van der Waals surface area (Å²) in [5, 5.41) is 8.11. The predicted molar refractivity (Wildman–Crippen MR) is 109 cm³/mol. The number of nitrogens with one attached hydrogen (secondary N) is 3. The molecule has 2 heterocycles. The fourth-order valence-electron chi connectivity index (χ4n) is 4.58. The van der Waals surface area contributed by atoms with Crippen LogP contribution in [0.3, 0.4) is 0 Å². The summed E-state index contributed by atoms with van der Waals surface area (Å²) in [4.78, 5) is 50.0. The van der Waals surface area contributed by atoms with Crippen molar-refractivity contribution in [3.8, 4) is 0 Å². The number of benzene rings is 1. The second-order valence-electron chi connectivity index (χ2n) is 8.46.